The van der Waals surface area contributed by atoms with Crippen LogP contribution in [-0.4, -0.2) is 40.3 Å². The predicted octanol–water partition coefficient (Wildman–Crippen LogP) is 1.02. The van der Waals surface area contributed by atoms with Gasteiger partial charge < -0.3 is 20.5 Å². The predicted molar refractivity (Wildman–Crippen MR) is 99.6 cm³/mol. The molecule has 1 unspecified atom stereocenters. The maximum absolute atomic E-state index is 12.7. The van der Waals surface area contributed by atoms with Crippen LogP contribution in [-0.2, 0) is 23.2 Å². The molecule has 2 aromatic heterocycles. The Kier molecular flexibility index (Phi) is 5.04. The minimum absolute atomic E-state index is 0.0798. The molecule has 8 nitrogen and oxygen atoms in total. The Hall–Kier alpha value is -3.13. The summed E-state index contributed by atoms with van der Waals surface area (Å²) in [5.41, 5.74) is 2.34. The molecule has 3 aromatic rings. The van der Waals surface area contributed by atoms with Crippen LogP contribution in [0.4, 0.5) is 5.69 Å². The van der Waals surface area contributed by atoms with Gasteiger partial charge in [-0.25, -0.2) is 0 Å². The zero-order valence-electron chi connectivity index (χ0n) is 15.0. The van der Waals surface area contributed by atoms with Crippen LogP contribution in [0.3, 0.4) is 0 Å². The van der Waals surface area contributed by atoms with Crippen LogP contribution in [0, 0.1) is 0 Å². The van der Waals surface area contributed by atoms with Gasteiger partial charge in [-0.1, -0.05) is 6.07 Å². The highest BCUT2D eigenvalue weighted by Crippen LogP contribution is 2.22. The van der Waals surface area contributed by atoms with Crippen molar-refractivity contribution in [1.29, 1.82) is 0 Å². The zero-order chi connectivity index (χ0) is 18.7. The summed E-state index contributed by atoms with van der Waals surface area (Å²) in [4.78, 5) is 24.3. The second-order valence-corrected chi connectivity index (χ2v) is 6.05. The summed E-state index contributed by atoms with van der Waals surface area (Å²) in [7, 11) is 5.15. The number of carbonyl (C=O) groups is 2. The van der Waals surface area contributed by atoms with Crippen molar-refractivity contribution in [3.05, 3.63) is 48.4 Å². The molecular weight excluding hydrogens is 332 g/mol. The van der Waals surface area contributed by atoms with Crippen LogP contribution in [0.15, 0.2) is 42.9 Å². The number of anilines is 1. The first kappa shape index (κ1) is 17.7. The lowest BCUT2D eigenvalue weighted by Gasteiger charge is -2.15. The molecule has 0 bridgehead atoms. The lowest BCUT2D eigenvalue weighted by Crippen LogP contribution is -2.30. The van der Waals surface area contributed by atoms with E-state index in [2.05, 4.69) is 21.0 Å². The molecule has 0 spiro atoms. The van der Waals surface area contributed by atoms with E-state index in [0.717, 1.165) is 16.5 Å². The van der Waals surface area contributed by atoms with Crippen LogP contribution < -0.4 is 16.0 Å². The van der Waals surface area contributed by atoms with Crippen molar-refractivity contribution in [2.45, 2.75) is 12.6 Å². The highest BCUT2D eigenvalue weighted by atomic mass is 16.2. The molecule has 2 amide bonds. The Balaban J connectivity index is 1.82. The lowest BCUT2D eigenvalue weighted by molar-refractivity contribution is -0.121. The molecule has 0 radical (unpaired) electrons. The summed E-state index contributed by atoms with van der Waals surface area (Å²) in [6, 6.07) is 7.07. The number of benzene rings is 1. The number of nitrogens with zero attached hydrogens (tertiary/aromatic N) is 3. The van der Waals surface area contributed by atoms with E-state index in [1.54, 1.807) is 31.2 Å². The standard InChI is InChI=1S/C18H22N6O2/c1-19-16(25)11-24-7-6-12-4-5-14(8-15(12)24)22-18(26)17(20-2)13-9-21-23(3)10-13/h4-10,17,20H,11H2,1-3H3,(H,19,25)(H,22,26). The van der Waals surface area contributed by atoms with Crippen molar-refractivity contribution in [2.75, 3.05) is 19.4 Å². The van der Waals surface area contributed by atoms with Gasteiger partial charge in [0.1, 0.15) is 12.6 Å². The van der Waals surface area contributed by atoms with Gasteiger partial charge in [-0.15, -0.1) is 0 Å². The molecule has 0 saturated carbocycles. The van der Waals surface area contributed by atoms with Crippen molar-refractivity contribution in [3.8, 4) is 0 Å². The number of aryl methyl sites for hydroxylation is 1. The molecular formula is C18H22N6O2. The third kappa shape index (κ3) is 3.60. The number of fused-ring (bicyclic) bond motifs is 1. The van der Waals surface area contributed by atoms with Crippen molar-refractivity contribution < 1.29 is 9.59 Å². The Bertz CT molecular complexity index is 942. The number of rotatable bonds is 6. The monoisotopic (exact) mass is 354 g/mol. The van der Waals surface area contributed by atoms with Crippen LogP contribution in [0.2, 0.25) is 0 Å². The fourth-order valence-electron chi connectivity index (χ4n) is 2.89. The van der Waals surface area contributed by atoms with E-state index in [0.29, 0.717) is 5.69 Å². The second kappa shape index (κ2) is 7.40. The quantitative estimate of drug-likeness (QED) is 0.616. The van der Waals surface area contributed by atoms with E-state index in [1.807, 2.05) is 42.1 Å². The van der Waals surface area contributed by atoms with Crippen molar-refractivity contribution in [1.82, 2.24) is 25.0 Å². The first-order valence-corrected chi connectivity index (χ1v) is 8.28. The third-order valence-electron chi connectivity index (χ3n) is 4.24. The fourth-order valence-corrected chi connectivity index (χ4v) is 2.89. The molecule has 3 N–H and O–H groups in total. The number of aromatic nitrogens is 3. The van der Waals surface area contributed by atoms with Crippen molar-refractivity contribution >= 4 is 28.4 Å². The van der Waals surface area contributed by atoms with Gasteiger partial charge in [0.25, 0.3) is 0 Å². The highest BCUT2D eigenvalue weighted by Gasteiger charge is 2.20. The van der Waals surface area contributed by atoms with E-state index >= 15 is 0 Å². The zero-order valence-corrected chi connectivity index (χ0v) is 15.0. The number of likely N-dealkylation sites (N-methyl/N-ethyl adjacent to an activating group) is 2. The van der Waals surface area contributed by atoms with Gasteiger partial charge in [0.15, 0.2) is 0 Å². The largest absolute Gasteiger partial charge is 0.358 e. The van der Waals surface area contributed by atoms with Crippen molar-refractivity contribution in [3.63, 3.8) is 0 Å². The van der Waals surface area contributed by atoms with Gasteiger partial charge in [0.2, 0.25) is 11.8 Å². The summed E-state index contributed by atoms with van der Waals surface area (Å²) in [6.07, 6.45) is 5.33. The minimum Gasteiger partial charge on any atom is -0.358 e. The van der Waals surface area contributed by atoms with Crippen LogP contribution in [0.5, 0.6) is 0 Å². The summed E-state index contributed by atoms with van der Waals surface area (Å²) in [5, 5.41) is 13.7. The first-order chi connectivity index (χ1) is 12.5. The van der Waals surface area contributed by atoms with E-state index < -0.39 is 6.04 Å². The topological polar surface area (TPSA) is 93.0 Å². The second-order valence-electron chi connectivity index (χ2n) is 6.05. The smallest absolute Gasteiger partial charge is 0.246 e. The van der Waals surface area contributed by atoms with Gasteiger partial charge >= 0.3 is 0 Å². The number of hydrogen-bond donors (Lipinski definition) is 3. The molecule has 1 aromatic carbocycles. The summed E-state index contributed by atoms with van der Waals surface area (Å²) < 4.78 is 3.51. The summed E-state index contributed by atoms with van der Waals surface area (Å²) in [6.45, 7) is 0.228. The van der Waals surface area contributed by atoms with Crippen molar-refractivity contribution in [2.24, 2.45) is 7.05 Å². The van der Waals surface area contributed by atoms with E-state index in [9.17, 15) is 9.59 Å². The molecule has 136 valence electrons. The van der Waals surface area contributed by atoms with Crippen LogP contribution in [0.1, 0.15) is 11.6 Å². The molecule has 8 heteroatoms. The van der Waals surface area contributed by atoms with Crippen LogP contribution in [0.25, 0.3) is 10.9 Å². The molecule has 1 atom stereocenters. The summed E-state index contributed by atoms with van der Waals surface area (Å²) in [5.74, 6) is -0.256. The van der Waals surface area contributed by atoms with Gasteiger partial charge in [0, 0.05) is 37.7 Å². The molecule has 0 aliphatic carbocycles. The molecule has 0 aliphatic rings. The molecule has 26 heavy (non-hydrogen) atoms. The maximum atomic E-state index is 12.7. The average Bonchev–Trinajstić information content (AvgIpc) is 3.22. The lowest BCUT2D eigenvalue weighted by atomic mass is 10.1. The molecule has 3 rings (SSSR count). The normalized spacial score (nSPS) is 12.1. The summed E-state index contributed by atoms with van der Waals surface area (Å²) >= 11 is 0. The molecule has 2 heterocycles. The van der Waals surface area contributed by atoms with Gasteiger partial charge in [0.05, 0.1) is 11.7 Å². The molecule has 0 fully saturated rings. The SMILES string of the molecule is CNC(=O)Cn1ccc2ccc(NC(=O)C(NC)c3cnn(C)c3)cc21. The van der Waals surface area contributed by atoms with E-state index in [1.165, 1.54) is 0 Å². The first-order valence-electron chi connectivity index (χ1n) is 8.28. The number of amides is 2. The third-order valence-corrected chi connectivity index (χ3v) is 4.24. The Morgan fingerprint density at radius 1 is 1.23 bits per heavy atom. The molecule has 0 aliphatic heterocycles. The van der Waals surface area contributed by atoms with Gasteiger partial charge in [-0.2, -0.15) is 5.10 Å². The van der Waals surface area contributed by atoms with Gasteiger partial charge in [-0.3, -0.25) is 14.3 Å². The molecule has 0 saturated heterocycles. The number of carbonyl (C=O) groups excluding carboxylic acids is 2. The minimum atomic E-state index is -0.503. The Labute approximate surface area is 151 Å². The number of hydrogen-bond acceptors (Lipinski definition) is 4. The Morgan fingerprint density at radius 3 is 2.69 bits per heavy atom. The fraction of sp³-hybridized carbons (Fsp3) is 0.278. The Morgan fingerprint density at radius 2 is 2.04 bits per heavy atom. The van der Waals surface area contributed by atoms with Gasteiger partial charge in [-0.05, 0) is 30.6 Å². The number of nitrogens with one attached hydrogen (secondary N) is 3. The maximum Gasteiger partial charge on any atom is 0.246 e. The van der Waals surface area contributed by atoms with E-state index in [-0.39, 0.29) is 18.4 Å². The average molecular weight is 354 g/mol. The highest BCUT2D eigenvalue weighted by molar-refractivity contribution is 5.97. The van der Waals surface area contributed by atoms with Crippen LogP contribution >= 0.6 is 0 Å². The van der Waals surface area contributed by atoms with E-state index in [4.69, 9.17) is 0 Å².